The molecule has 17 rings (SSSR count). The van der Waals surface area contributed by atoms with E-state index in [2.05, 4.69) is 227 Å². The average Bonchev–Trinajstić information content (AvgIpc) is 1.81. The molecule has 15 aromatic rings. The summed E-state index contributed by atoms with van der Waals surface area (Å²) in [7, 11) is 0. The number of aromatic hydroxyl groups is 3. The third kappa shape index (κ3) is 34.4. The average molecular weight is 2000 g/mol. The molecule has 0 unspecified atom stereocenters. The van der Waals surface area contributed by atoms with E-state index in [9.17, 15) is 59.1 Å². The molecular formula is C129H118N2O15S2. The van der Waals surface area contributed by atoms with Crippen LogP contribution in [0.4, 0.5) is 9.59 Å². The van der Waals surface area contributed by atoms with Gasteiger partial charge in [-0.15, -0.1) is 0 Å². The zero-order chi connectivity index (χ0) is 106. The third-order valence-corrected chi connectivity index (χ3v) is 24.7. The summed E-state index contributed by atoms with van der Waals surface area (Å²) < 4.78 is 17.7. The summed E-state index contributed by atoms with van der Waals surface area (Å²) in [6, 6.07) is 104. The lowest BCUT2D eigenvalue weighted by atomic mass is 10.0. The van der Waals surface area contributed by atoms with Crippen molar-refractivity contribution in [1.29, 1.82) is 0 Å². The fraction of sp³-hybridized carbons (Fsp3) is 0.124. The maximum atomic E-state index is 11.7. The Labute approximate surface area is 874 Å². The van der Waals surface area contributed by atoms with Crippen LogP contribution in [0.5, 0.6) is 51.7 Å². The second-order valence-corrected chi connectivity index (χ2v) is 38.6. The minimum Gasteiger partial charge on any atom is -0.508 e. The van der Waals surface area contributed by atoms with E-state index < -0.39 is 11.9 Å². The van der Waals surface area contributed by atoms with Gasteiger partial charge in [-0.2, -0.15) is 0 Å². The van der Waals surface area contributed by atoms with Crippen molar-refractivity contribution in [3.05, 3.63) is 488 Å². The number of phenols is 3. The first-order chi connectivity index (χ1) is 70.7. The number of hydrogen-bond donors (Lipinski definition) is 7. The van der Waals surface area contributed by atoms with Gasteiger partial charge >= 0.3 is 11.9 Å². The number of nitrogens with one attached hydrogen (secondary N) is 2. The van der Waals surface area contributed by atoms with Crippen molar-refractivity contribution < 1.29 is 73.3 Å². The van der Waals surface area contributed by atoms with Crippen LogP contribution in [0.15, 0.2) is 337 Å². The standard InChI is InChI=1S/2C27H23NO3S.C24H22O2.2C17H16O3.C17H18O/c2*1-17-12-18(2)14-21(13-17)15-19(3)22-6-10-24(11-7-22)31-23-8-4-20(5-9-23)16-25-26(29)28-27(30)32-25;1-17-12-18(2)14-21(13-17)15-19(3)22-6-10-24(11-7-22)26-23-8-4-20(16-25)5-9-23;2*1-11-7-12(2)9-13(8-11)10-16(17(19)20)14-3-5-15(18)6-4-14;1-12-8-13(2)10-15(9-12)11-14(3)16-4-6-17(18)7-5-16/h2*4-16H,1-3H3,(H,28,29,30);4-16H,1-3H3;2*3-10,18H,1-2H3,(H,19,20);4-11,18H,1-3H3/b2*19-15+,25-16-;19-15+;16-10+;16-10-;14-11+. The number of ether oxygens (including phenoxy) is 3. The number of phenolic OH excluding ortho intramolecular Hbond substituents is 3. The van der Waals surface area contributed by atoms with E-state index in [-0.39, 0.29) is 44.9 Å². The largest absolute Gasteiger partial charge is 0.508 e. The van der Waals surface area contributed by atoms with Crippen molar-refractivity contribution in [2.45, 2.75) is 111 Å². The quantitative estimate of drug-likeness (QED) is 0.0178. The van der Waals surface area contributed by atoms with Crippen LogP contribution >= 0.6 is 23.5 Å². The van der Waals surface area contributed by atoms with Crippen molar-refractivity contribution in [3.63, 3.8) is 0 Å². The summed E-state index contributed by atoms with van der Waals surface area (Å²) >= 11 is 1.81. The molecule has 0 spiro atoms. The van der Waals surface area contributed by atoms with Gasteiger partial charge in [0.2, 0.25) is 0 Å². The monoisotopic (exact) mass is 2000 g/mol. The van der Waals surface area contributed by atoms with E-state index in [1.54, 1.807) is 85.0 Å². The number of imide groups is 2. The summed E-state index contributed by atoms with van der Waals surface area (Å²) in [6.45, 7) is 33.2. The second kappa shape index (κ2) is 52.2. The molecule has 0 radical (unpaired) electrons. The van der Waals surface area contributed by atoms with Gasteiger partial charge in [0.1, 0.15) is 58.0 Å². The van der Waals surface area contributed by atoms with Gasteiger partial charge in [-0.1, -0.05) is 297 Å². The molecule has 0 atom stereocenters. The van der Waals surface area contributed by atoms with Gasteiger partial charge < -0.3 is 39.7 Å². The SMILES string of the molecule is C/C(=C\c1cc(C)cc(C)c1)c1ccc(O)cc1.C/C(=C\c1cc(C)cc(C)c1)c1ccc(Oc2ccc(/C=C3\SC(=O)NC3=O)cc2)cc1.C/C(=C\c1cc(C)cc(C)c1)c1ccc(Oc2ccc(/C=C3\SC(=O)NC3=O)cc2)cc1.C/C(=C\c1cc(C)cc(C)c1)c1ccc(Oc2ccc(C=O)cc2)cc1.Cc1cc(C)cc(/C=C(/C(=O)O)c2ccc(O)cc2)c1.Cc1cc(C)cc(/C=C(\C(=O)O)c2ccc(O)cc2)c1. The third-order valence-electron chi connectivity index (χ3n) is 23.1. The van der Waals surface area contributed by atoms with Crippen LogP contribution in [0.2, 0.25) is 0 Å². The number of carboxylic acids is 2. The molecule has 2 aliphatic heterocycles. The van der Waals surface area contributed by atoms with Gasteiger partial charge in [-0.3, -0.25) is 34.6 Å². The Hall–Kier alpha value is -17.4. The van der Waals surface area contributed by atoms with Gasteiger partial charge in [0.25, 0.3) is 22.3 Å². The lowest BCUT2D eigenvalue weighted by Crippen LogP contribution is -2.17. The lowest BCUT2D eigenvalue weighted by Gasteiger charge is -2.08. The Kier molecular flexibility index (Phi) is 38.6. The Balaban J connectivity index is 0.000000160. The highest BCUT2D eigenvalue weighted by Gasteiger charge is 2.27. The Morgan fingerprint density at radius 3 is 0.615 bits per heavy atom. The number of amides is 4. The summed E-state index contributed by atoms with van der Waals surface area (Å²) in [6.07, 6.45) is 16.3. The number of thioether (sulfide) groups is 2. The Morgan fingerprint density at radius 1 is 0.243 bits per heavy atom. The zero-order valence-electron chi connectivity index (χ0n) is 85.5. The number of carbonyl (C=O) groups is 7. The molecule has 746 valence electrons. The molecule has 7 N–H and O–H groups in total. The van der Waals surface area contributed by atoms with E-state index in [1.165, 1.54) is 113 Å². The van der Waals surface area contributed by atoms with Crippen molar-refractivity contribution in [3.8, 4) is 51.7 Å². The molecular weight excluding hydrogens is 1880 g/mol. The summed E-state index contributed by atoms with van der Waals surface area (Å²) in [5.41, 5.74) is 34.2. The van der Waals surface area contributed by atoms with Crippen LogP contribution in [0.3, 0.4) is 0 Å². The predicted molar refractivity (Wildman–Crippen MR) is 607 cm³/mol. The van der Waals surface area contributed by atoms with Crippen LogP contribution in [-0.4, -0.2) is 66.1 Å². The lowest BCUT2D eigenvalue weighted by molar-refractivity contribution is -0.131. The molecule has 15 aromatic carbocycles. The maximum Gasteiger partial charge on any atom is 0.336 e. The molecule has 2 aliphatic rings. The highest BCUT2D eigenvalue weighted by Crippen LogP contribution is 2.36. The van der Waals surface area contributed by atoms with Crippen molar-refractivity contribution in [2.24, 2.45) is 0 Å². The number of benzene rings is 15. The number of aldehydes is 1. The van der Waals surface area contributed by atoms with E-state index in [4.69, 9.17) is 14.2 Å². The minimum absolute atomic E-state index is 0.116. The molecule has 19 heteroatoms. The highest BCUT2D eigenvalue weighted by molar-refractivity contribution is 8.18. The van der Waals surface area contributed by atoms with Crippen LogP contribution in [0.25, 0.3) is 82.0 Å². The van der Waals surface area contributed by atoms with Crippen LogP contribution in [-0.2, 0) is 19.2 Å². The van der Waals surface area contributed by atoms with Gasteiger partial charge in [-0.25, -0.2) is 9.59 Å². The number of hydrogen-bond acceptors (Lipinski definition) is 15. The molecule has 0 bridgehead atoms. The summed E-state index contributed by atoms with van der Waals surface area (Å²) in [4.78, 5) is 80.2. The first kappa shape index (κ1) is 109. The molecule has 0 saturated carbocycles. The summed E-state index contributed by atoms with van der Waals surface area (Å²) in [5, 5.41) is 50.4. The van der Waals surface area contributed by atoms with Crippen molar-refractivity contribution >= 4 is 146 Å². The minimum atomic E-state index is -0.991. The number of aryl methyl sites for hydroxylation is 12. The fourth-order valence-electron chi connectivity index (χ4n) is 16.6. The predicted octanol–water partition coefficient (Wildman–Crippen LogP) is 32.3. The van der Waals surface area contributed by atoms with Gasteiger partial charge in [-0.05, 0) is 380 Å². The number of rotatable bonds is 23. The fourth-order valence-corrected chi connectivity index (χ4v) is 17.9. The van der Waals surface area contributed by atoms with Crippen LogP contribution in [0, 0.1) is 83.1 Å². The van der Waals surface area contributed by atoms with Crippen molar-refractivity contribution in [1.82, 2.24) is 10.6 Å². The summed E-state index contributed by atoms with van der Waals surface area (Å²) in [5.74, 6) is 2.20. The van der Waals surface area contributed by atoms with Crippen molar-refractivity contribution in [2.75, 3.05) is 0 Å². The zero-order valence-corrected chi connectivity index (χ0v) is 87.1. The van der Waals surface area contributed by atoms with Crippen LogP contribution in [0.1, 0.15) is 183 Å². The van der Waals surface area contributed by atoms with E-state index in [0.29, 0.717) is 49.5 Å². The van der Waals surface area contributed by atoms with Gasteiger partial charge in [0.15, 0.2) is 0 Å². The number of carboxylic acid groups (broad SMARTS) is 2. The number of allylic oxidation sites excluding steroid dienone is 4. The first-order valence-electron chi connectivity index (χ1n) is 47.8. The number of aliphatic carboxylic acids is 2. The molecule has 148 heavy (non-hydrogen) atoms. The molecule has 4 amide bonds. The number of carbonyl (C=O) groups excluding carboxylic acids is 5. The normalized spacial score (nSPS) is 13.1. The molecule has 2 heterocycles. The molecule has 2 saturated heterocycles. The maximum absolute atomic E-state index is 11.7. The Morgan fingerprint density at radius 2 is 0.426 bits per heavy atom. The Bertz CT molecular complexity index is 7200. The molecule has 2 fully saturated rings. The van der Waals surface area contributed by atoms with E-state index >= 15 is 0 Å². The van der Waals surface area contributed by atoms with Gasteiger partial charge in [0.05, 0.1) is 21.0 Å². The van der Waals surface area contributed by atoms with Gasteiger partial charge in [0, 0.05) is 5.56 Å². The second-order valence-electron chi connectivity index (χ2n) is 36.6. The van der Waals surface area contributed by atoms with Crippen LogP contribution < -0.4 is 24.8 Å². The highest BCUT2D eigenvalue weighted by atomic mass is 32.2. The van der Waals surface area contributed by atoms with E-state index in [1.807, 2.05) is 161 Å². The smallest absolute Gasteiger partial charge is 0.336 e. The molecule has 0 aliphatic carbocycles. The topological polar surface area (TPSA) is 272 Å². The molecule has 17 nitrogen and oxygen atoms in total. The molecule has 0 aromatic heterocycles. The van der Waals surface area contributed by atoms with E-state index in [0.717, 1.165) is 114 Å². The first-order valence-corrected chi connectivity index (χ1v) is 49.4.